The van der Waals surface area contributed by atoms with Gasteiger partial charge in [-0.1, -0.05) is 0 Å². The van der Waals surface area contributed by atoms with Crippen LogP contribution in [-0.2, 0) is 0 Å². The Hall–Kier alpha value is -1.66. The molecule has 1 aliphatic carbocycles. The highest BCUT2D eigenvalue weighted by molar-refractivity contribution is 7.17. The molecule has 0 aromatic carbocycles. The lowest BCUT2D eigenvalue weighted by molar-refractivity contribution is 0.0878. The Morgan fingerprint density at radius 1 is 1.35 bits per heavy atom. The van der Waals surface area contributed by atoms with Crippen molar-refractivity contribution in [3.63, 3.8) is 0 Å². The number of amides is 1. The SMILES string of the molecule is O=C(NC1CC2CCN1C2)c1cc2c(NC3CC3)csc2cn1. The van der Waals surface area contributed by atoms with Crippen LogP contribution in [0.5, 0.6) is 0 Å². The lowest BCUT2D eigenvalue weighted by Crippen LogP contribution is -2.45. The van der Waals surface area contributed by atoms with Gasteiger partial charge in [-0.25, -0.2) is 4.98 Å². The molecule has 5 rings (SSSR count). The minimum atomic E-state index is -0.0481. The lowest BCUT2D eigenvalue weighted by atomic mass is 10.0. The number of pyridine rings is 1. The van der Waals surface area contributed by atoms with Crippen LogP contribution < -0.4 is 10.6 Å². The Bertz CT molecular complexity index is 769. The largest absolute Gasteiger partial charge is 0.381 e. The number of aromatic nitrogens is 1. The number of carbonyl (C=O) groups excluding carboxylic acids is 1. The zero-order chi connectivity index (χ0) is 15.4. The number of thiophene rings is 1. The van der Waals surface area contributed by atoms with Crippen molar-refractivity contribution < 1.29 is 4.79 Å². The highest BCUT2D eigenvalue weighted by Gasteiger charge is 2.38. The maximum absolute atomic E-state index is 12.6. The quantitative estimate of drug-likeness (QED) is 0.906. The number of nitrogens with one attached hydrogen (secondary N) is 2. The maximum Gasteiger partial charge on any atom is 0.271 e. The van der Waals surface area contributed by atoms with E-state index in [1.807, 2.05) is 12.3 Å². The van der Waals surface area contributed by atoms with Crippen LogP contribution in [0.2, 0.25) is 0 Å². The lowest BCUT2D eigenvalue weighted by Gasteiger charge is -2.25. The highest BCUT2D eigenvalue weighted by Crippen LogP contribution is 2.34. The van der Waals surface area contributed by atoms with Gasteiger partial charge in [0.2, 0.25) is 0 Å². The van der Waals surface area contributed by atoms with Gasteiger partial charge in [-0.15, -0.1) is 11.3 Å². The number of carbonyl (C=O) groups is 1. The van der Waals surface area contributed by atoms with E-state index >= 15 is 0 Å². The van der Waals surface area contributed by atoms with E-state index in [0.717, 1.165) is 41.2 Å². The molecule has 6 heteroatoms. The number of hydrogen-bond donors (Lipinski definition) is 2. The van der Waals surface area contributed by atoms with Gasteiger partial charge in [0.15, 0.2) is 0 Å². The summed E-state index contributed by atoms with van der Waals surface area (Å²) in [5, 5.41) is 9.96. The summed E-state index contributed by atoms with van der Waals surface area (Å²) in [4.78, 5) is 19.3. The van der Waals surface area contributed by atoms with Gasteiger partial charge in [0, 0.05) is 36.1 Å². The van der Waals surface area contributed by atoms with E-state index in [0.29, 0.717) is 11.7 Å². The van der Waals surface area contributed by atoms with E-state index in [2.05, 4.69) is 25.9 Å². The smallest absolute Gasteiger partial charge is 0.271 e. The molecular formula is C17H20N4OS. The van der Waals surface area contributed by atoms with E-state index in [-0.39, 0.29) is 12.1 Å². The van der Waals surface area contributed by atoms with Gasteiger partial charge in [0.1, 0.15) is 5.69 Å². The molecule has 4 heterocycles. The zero-order valence-electron chi connectivity index (χ0n) is 12.9. The maximum atomic E-state index is 12.6. The minimum absolute atomic E-state index is 0.0481. The fraction of sp³-hybridized carbons (Fsp3) is 0.529. The third kappa shape index (κ3) is 2.50. The fourth-order valence-electron chi connectivity index (χ4n) is 3.80. The molecule has 1 saturated carbocycles. The zero-order valence-corrected chi connectivity index (χ0v) is 13.7. The van der Waals surface area contributed by atoms with Crippen LogP contribution in [0.1, 0.15) is 36.2 Å². The summed E-state index contributed by atoms with van der Waals surface area (Å²) in [6.07, 6.45) is 6.88. The number of fused-ring (bicyclic) bond motifs is 3. The average molecular weight is 328 g/mol. The molecule has 23 heavy (non-hydrogen) atoms. The van der Waals surface area contributed by atoms with Crippen molar-refractivity contribution in [2.24, 2.45) is 5.92 Å². The molecule has 5 nitrogen and oxygen atoms in total. The van der Waals surface area contributed by atoms with Crippen LogP contribution in [0.15, 0.2) is 17.6 Å². The molecule has 3 atom stereocenters. The van der Waals surface area contributed by atoms with Crippen LogP contribution in [0, 0.1) is 5.92 Å². The van der Waals surface area contributed by atoms with Crippen LogP contribution in [-0.4, -0.2) is 41.1 Å². The summed E-state index contributed by atoms with van der Waals surface area (Å²) >= 11 is 1.68. The second-order valence-electron chi connectivity index (χ2n) is 7.01. The Balaban J connectivity index is 1.37. The standard InChI is InChI=1S/C17H20N4OS/c22-17(20-16-5-10-3-4-21(16)8-10)13-6-12-14(19-11-1-2-11)9-23-15(12)7-18-13/h6-7,9-11,16,19H,1-5,8H2,(H,20,22). The molecule has 120 valence electrons. The monoisotopic (exact) mass is 328 g/mol. The van der Waals surface area contributed by atoms with E-state index in [1.54, 1.807) is 11.3 Å². The van der Waals surface area contributed by atoms with Crippen LogP contribution in [0.4, 0.5) is 5.69 Å². The summed E-state index contributed by atoms with van der Waals surface area (Å²) in [6.45, 7) is 2.25. The Kier molecular flexibility index (Phi) is 3.09. The molecule has 2 aromatic heterocycles. The van der Waals surface area contributed by atoms with Crippen molar-refractivity contribution in [3.8, 4) is 0 Å². The summed E-state index contributed by atoms with van der Waals surface area (Å²) in [5.74, 6) is 0.718. The first-order chi connectivity index (χ1) is 11.3. The molecule has 3 fully saturated rings. The second kappa shape index (κ2) is 5.18. The molecule has 2 aromatic rings. The Morgan fingerprint density at radius 3 is 3.00 bits per heavy atom. The van der Waals surface area contributed by atoms with Crippen LogP contribution in [0.3, 0.4) is 0 Å². The van der Waals surface area contributed by atoms with Gasteiger partial charge >= 0.3 is 0 Å². The molecular weight excluding hydrogens is 308 g/mol. The van der Waals surface area contributed by atoms with Gasteiger partial charge in [-0.2, -0.15) is 0 Å². The third-order valence-corrected chi connectivity index (χ3v) is 6.18. The van der Waals surface area contributed by atoms with Gasteiger partial charge < -0.3 is 10.6 Å². The van der Waals surface area contributed by atoms with Crippen LogP contribution in [0.25, 0.3) is 10.1 Å². The molecule has 3 aliphatic rings. The van der Waals surface area contributed by atoms with Crippen molar-refractivity contribution in [1.82, 2.24) is 15.2 Å². The third-order valence-electron chi connectivity index (χ3n) is 5.24. The molecule has 2 aliphatic heterocycles. The van der Waals surface area contributed by atoms with E-state index in [9.17, 15) is 4.79 Å². The minimum Gasteiger partial charge on any atom is -0.381 e. The number of anilines is 1. The molecule has 2 bridgehead atoms. The van der Waals surface area contributed by atoms with Crippen LogP contribution >= 0.6 is 11.3 Å². The van der Waals surface area contributed by atoms with Crippen molar-refractivity contribution in [2.45, 2.75) is 37.9 Å². The normalized spacial score (nSPS) is 29.1. The number of piperidine rings is 1. The van der Waals surface area contributed by atoms with Gasteiger partial charge in [-0.05, 0) is 37.7 Å². The summed E-state index contributed by atoms with van der Waals surface area (Å²) in [6, 6.07) is 2.55. The first-order valence-electron chi connectivity index (χ1n) is 8.45. The number of rotatable bonds is 4. The summed E-state index contributed by atoms with van der Waals surface area (Å²) in [7, 11) is 0. The molecule has 3 unspecified atom stereocenters. The predicted octanol–water partition coefficient (Wildman–Crippen LogP) is 2.65. The highest BCUT2D eigenvalue weighted by atomic mass is 32.1. The first kappa shape index (κ1) is 13.7. The van der Waals surface area contributed by atoms with E-state index < -0.39 is 0 Å². The molecule has 2 N–H and O–H groups in total. The van der Waals surface area contributed by atoms with Crippen molar-refractivity contribution in [2.75, 3.05) is 18.4 Å². The Labute approximate surface area is 139 Å². The summed E-state index contributed by atoms with van der Waals surface area (Å²) < 4.78 is 1.13. The van der Waals surface area contributed by atoms with Crippen molar-refractivity contribution in [1.29, 1.82) is 0 Å². The molecule has 1 amide bonds. The molecule has 0 spiro atoms. The number of hydrogen-bond acceptors (Lipinski definition) is 5. The van der Waals surface area contributed by atoms with E-state index in [4.69, 9.17) is 0 Å². The van der Waals surface area contributed by atoms with E-state index in [1.165, 1.54) is 19.3 Å². The van der Waals surface area contributed by atoms with Crippen molar-refractivity contribution in [3.05, 3.63) is 23.3 Å². The number of nitrogens with zero attached hydrogens (tertiary/aromatic N) is 2. The summed E-state index contributed by atoms with van der Waals surface area (Å²) in [5.41, 5.74) is 1.67. The van der Waals surface area contributed by atoms with Gasteiger partial charge in [0.25, 0.3) is 5.91 Å². The Morgan fingerprint density at radius 2 is 2.26 bits per heavy atom. The first-order valence-corrected chi connectivity index (χ1v) is 9.33. The van der Waals surface area contributed by atoms with Crippen molar-refractivity contribution >= 4 is 33.0 Å². The molecule has 2 saturated heterocycles. The topological polar surface area (TPSA) is 57.3 Å². The van der Waals surface area contributed by atoms with Gasteiger partial charge in [0.05, 0.1) is 16.6 Å². The fourth-order valence-corrected chi connectivity index (χ4v) is 4.64. The van der Waals surface area contributed by atoms with Gasteiger partial charge in [-0.3, -0.25) is 9.69 Å². The second-order valence-corrected chi connectivity index (χ2v) is 7.92. The predicted molar refractivity (Wildman–Crippen MR) is 91.8 cm³/mol. The average Bonchev–Trinajstić information content (AvgIpc) is 2.96. The molecule has 0 radical (unpaired) electrons.